The molecule has 0 aliphatic heterocycles. The van der Waals surface area contributed by atoms with Gasteiger partial charge in [0.2, 0.25) is 10.0 Å². The molecule has 0 bridgehead atoms. The molecule has 0 amide bonds. The van der Waals surface area contributed by atoms with E-state index in [2.05, 4.69) is 4.72 Å². The van der Waals surface area contributed by atoms with Gasteiger partial charge in [-0.05, 0) is 48.2 Å². The molecule has 0 heterocycles. The van der Waals surface area contributed by atoms with Gasteiger partial charge in [0, 0.05) is 6.54 Å². The number of methoxy groups -OCH3 is 1. The fraction of sp³-hybridized carbons (Fsp3) is 0.217. The fourth-order valence-corrected chi connectivity index (χ4v) is 4.45. The maximum Gasteiger partial charge on any atom is 0.244 e. The third kappa shape index (κ3) is 4.85. The molecule has 0 aliphatic rings. The number of benzene rings is 3. The summed E-state index contributed by atoms with van der Waals surface area (Å²) in [5.74, 6) is 0.259. The van der Waals surface area contributed by atoms with E-state index in [1.807, 2.05) is 61.5 Å². The molecule has 0 spiro atoms. The largest absolute Gasteiger partial charge is 0.495 e. The van der Waals surface area contributed by atoms with Crippen LogP contribution in [0.2, 0.25) is 0 Å². The van der Waals surface area contributed by atoms with Crippen molar-refractivity contribution in [3.8, 4) is 16.9 Å². The van der Waals surface area contributed by atoms with Gasteiger partial charge in [-0.2, -0.15) is 0 Å². The first-order chi connectivity index (χ1) is 13.7. The summed E-state index contributed by atoms with van der Waals surface area (Å²) in [6.45, 7) is 3.22. The van der Waals surface area contributed by atoms with Crippen molar-refractivity contribution in [3.63, 3.8) is 0 Å². The van der Waals surface area contributed by atoms with Crippen LogP contribution >= 0.6 is 0 Å². The first-order valence-corrected chi connectivity index (χ1v) is 10.7. The Morgan fingerprint density at radius 3 is 2.21 bits per heavy atom. The van der Waals surface area contributed by atoms with E-state index in [9.17, 15) is 13.5 Å². The van der Waals surface area contributed by atoms with Crippen LogP contribution in [-0.4, -0.2) is 27.2 Å². The van der Waals surface area contributed by atoms with Crippen LogP contribution in [0.1, 0.15) is 18.1 Å². The Morgan fingerprint density at radius 1 is 0.966 bits per heavy atom. The topological polar surface area (TPSA) is 75.6 Å². The molecule has 3 aromatic rings. The summed E-state index contributed by atoms with van der Waals surface area (Å²) in [7, 11) is -2.43. The maximum atomic E-state index is 12.8. The molecule has 1 unspecified atom stereocenters. The lowest BCUT2D eigenvalue weighted by Crippen LogP contribution is -2.38. The lowest BCUT2D eigenvalue weighted by atomic mass is 9.94. The SMILES string of the molecule is COc1ccc(C)cc1S(=O)(=O)NCC(C)(O)c1ccc(-c2ccccc2)cc1. The zero-order valence-electron chi connectivity index (χ0n) is 16.7. The van der Waals surface area contributed by atoms with E-state index in [0.29, 0.717) is 5.56 Å². The molecule has 0 aliphatic carbocycles. The monoisotopic (exact) mass is 411 g/mol. The number of rotatable bonds is 7. The molecule has 6 heteroatoms. The second kappa shape index (κ2) is 8.37. The molecule has 2 N–H and O–H groups in total. The fourth-order valence-electron chi connectivity index (χ4n) is 3.06. The van der Waals surface area contributed by atoms with Crippen molar-refractivity contribution in [2.45, 2.75) is 24.3 Å². The van der Waals surface area contributed by atoms with Gasteiger partial charge in [0.05, 0.1) is 7.11 Å². The summed E-state index contributed by atoms with van der Waals surface area (Å²) in [4.78, 5) is 0.0511. The van der Waals surface area contributed by atoms with Crippen molar-refractivity contribution in [2.75, 3.05) is 13.7 Å². The second-order valence-electron chi connectivity index (χ2n) is 7.20. The van der Waals surface area contributed by atoms with Crippen LogP contribution in [-0.2, 0) is 15.6 Å². The predicted octanol–water partition coefficient (Wildman–Crippen LogP) is 3.86. The molecule has 29 heavy (non-hydrogen) atoms. The van der Waals surface area contributed by atoms with Gasteiger partial charge < -0.3 is 9.84 Å². The molecule has 0 radical (unpaired) electrons. The average molecular weight is 412 g/mol. The van der Waals surface area contributed by atoms with Crippen molar-refractivity contribution in [1.29, 1.82) is 0 Å². The summed E-state index contributed by atoms with van der Waals surface area (Å²) in [5, 5.41) is 10.9. The number of hydrogen-bond donors (Lipinski definition) is 2. The Bertz CT molecular complexity index is 1080. The van der Waals surface area contributed by atoms with Gasteiger partial charge in [-0.1, -0.05) is 60.7 Å². The van der Waals surface area contributed by atoms with Gasteiger partial charge in [-0.3, -0.25) is 0 Å². The molecular formula is C23H25NO4S. The molecular weight excluding hydrogens is 386 g/mol. The van der Waals surface area contributed by atoms with E-state index in [0.717, 1.165) is 16.7 Å². The molecule has 5 nitrogen and oxygen atoms in total. The van der Waals surface area contributed by atoms with Gasteiger partial charge in [-0.25, -0.2) is 13.1 Å². The highest BCUT2D eigenvalue weighted by Crippen LogP contribution is 2.27. The molecule has 0 saturated heterocycles. The maximum absolute atomic E-state index is 12.8. The Kier molecular flexibility index (Phi) is 6.07. The molecule has 152 valence electrons. The summed E-state index contributed by atoms with van der Waals surface area (Å²) in [5.41, 5.74) is 2.14. The van der Waals surface area contributed by atoms with E-state index in [1.54, 1.807) is 25.1 Å². The number of aryl methyl sites for hydroxylation is 1. The quantitative estimate of drug-likeness (QED) is 0.619. The van der Waals surface area contributed by atoms with Gasteiger partial charge >= 0.3 is 0 Å². The van der Waals surface area contributed by atoms with Crippen LogP contribution in [0.15, 0.2) is 77.7 Å². The lowest BCUT2D eigenvalue weighted by molar-refractivity contribution is 0.0627. The third-order valence-corrected chi connectivity index (χ3v) is 6.25. The van der Waals surface area contributed by atoms with Gasteiger partial charge in [-0.15, -0.1) is 0 Å². The zero-order valence-corrected chi connectivity index (χ0v) is 17.5. The molecule has 3 aromatic carbocycles. The highest BCUT2D eigenvalue weighted by molar-refractivity contribution is 7.89. The number of nitrogens with one attached hydrogen (secondary N) is 1. The second-order valence-corrected chi connectivity index (χ2v) is 8.93. The molecule has 0 saturated carbocycles. The first kappa shape index (κ1) is 21.0. The average Bonchev–Trinajstić information content (AvgIpc) is 2.73. The van der Waals surface area contributed by atoms with Crippen LogP contribution in [0.5, 0.6) is 5.75 Å². The minimum Gasteiger partial charge on any atom is -0.495 e. The van der Waals surface area contributed by atoms with Crippen LogP contribution in [0.25, 0.3) is 11.1 Å². The molecule has 0 aromatic heterocycles. The smallest absolute Gasteiger partial charge is 0.244 e. The number of aliphatic hydroxyl groups is 1. The lowest BCUT2D eigenvalue weighted by Gasteiger charge is -2.25. The van der Waals surface area contributed by atoms with E-state index in [-0.39, 0.29) is 17.2 Å². The molecule has 1 atom stereocenters. The summed E-state index contributed by atoms with van der Waals surface area (Å²) >= 11 is 0. The number of sulfonamides is 1. The Labute approximate surface area is 172 Å². The molecule has 3 rings (SSSR count). The van der Waals surface area contributed by atoms with E-state index in [1.165, 1.54) is 7.11 Å². The predicted molar refractivity (Wildman–Crippen MR) is 114 cm³/mol. The van der Waals surface area contributed by atoms with Crippen LogP contribution in [0.3, 0.4) is 0 Å². The third-order valence-electron chi connectivity index (χ3n) is 4.83. The summed E-state index contributed by atoms with van der Waals surface area (Å²) < 4.78 is 33.2. The van der Waals surface area contributed by atoms with Crippen molar-refractivity contribution in [2.24, 2.45) is 0 Å². The van der Waals surface area contributed by atoms with Gasteiger partial charge in [0.25, 0.3) is 0 Å². The molecule has 0 fully saturated rings. The highest BCUT2D eigenvalue weighted by atomic mass is 32.2. The van der Waals surface area contributed by atoms with Gasteiger partial charge in [0.15, 0.2) is 0 Å². The zero-order chi connectivity index (χ0) is 21.1. The van der Waals surface area contributed by atoms with E-state index in [4.69, 9.17) is 4.74 Å². The highest BCUT2D eigenvalue weighted by Gasteiger charge is 2.27. The van der Waals surface area contributed by atoms with Gasteiger partial charge in [0.1, 0.15) is 16.2 Å². The standard InChI is InChI=1S/C23H25NO4S/c1-17-9-14-21(28-3)22(15-17)29(26,27)24-16-23(2,25)20-12-10-19(11-13-20)18-7-5-4-6-8-18/h4-15,24-25H,16H2,1-3H3. The van der Waals surface area contributed by atoms with Crippen LogP contribution in [0, 0.1) is 6.92 Å². The Hall–Kier alpha value is -2.67. The van der Waals surface area contributed by atoms with Crippen molar-refractivity contribution in [3.05, 3.63) is 83.9 Å². The van der Waals surface area contributed by atoms with E-state index < -0.39 is 15.6 Å². The van der Waals surface area contributed by atoms with Crippen LogP contribution < -0.4 is 9.46 Å². The first-order valence-electron chi connectivity index (χ1n) is 9.25. The minimum atomic E-state index is -3.85. The Morgan fingerprint density at radius 2 is 1.59 bits per heavy atom. The summed E-state index contributed by atoms with van der Waals surface area (Å²) in [6, 6.07) is 22.3. The number of hydrogen-bond acceptors (Lipinski definition) is 4. The Balaban J connectivity index is 1.78. The van der Waals surface area contributed by atoms with Crippen molar-refractivity contribution >= 4 is 10.0 Å². The number of ether oxygens (including phenoxy) is 1. The van der Waals surface area contributed by atoms with Crippen LogP contribution in [0.4, 0.5) is 0 Å². The minimum absolute atomic E-state index is 0.0511. The van der Waals surface area contributed by atoms with E-state index >= 15 is 0 Å². The normalized spacial score (nSPS) is 13.7. The summed E-state index contributed by atoms with van der Waals surface area (Å²) in [6.07, 6.45) is 0. The van der Waals surface area contributed by atoms with Crippen molar-refractivity contribution in [1.82, 2.24) is 4.72 Å². The van der Waals surface area contributed by atoms with Crippen molar-refractivity contribution < 1.29 is 18.3 Å².